The van der Waals surface area contributed by atoms with E-state index in [2.05, 4.69) is 136 Å². The van der Waals surface area contributed by atoms with E-state index in [1.807, 2.05) is 149 Å². The van der Waals surface area contributed by atoms with Gasteiger partial charge in [-0.15, -0.1) is 0 Å². The van der Waals surface area contributed by atoms with Crippen LogP contribution in [0.15, 0.2) is 181 Å². The molecule has 22 nitrogen and oxygen atoms in total. The van der Waals surface area contributed by atoms with Crippen LogP contribution in [0.1, 0.15) is 126 Å². The standard InChI is InChI=1S/C31H45BO4.2C21H24N2O6.C7H5BrN2.CH4/c1-10-27-21(3)22(4)28(33-19-24-14-12-11-13-15-24)29(34-27)23(5)26-17-16-25(18-20(26)2)32-35-30(6,7)31(8,9)36-32;2*1-11-8-12(14-9-23-7-3-2-4-16(23)22-14)5-6-13(11)17(25)21-20(28)19(27)18(26)15(10-24)29-21;8-6-5-10-4-2-1-3-7(10)9-6;/h11-18,21-23,27-29H,10,19H2,1-9H3;2*2-9,15,17-21,24-28H,10H2,1H3;1-5H;1H4/t21-,22-,23+,27?,28?,29+;2*15?,17-,18-,19+,20?,21-;;/m011../s1. The van der Waals surface area contributed by atoms with E-state index in [0.717, 1.165) is 67.1 Å². The van der Waals surface area contributed by atoms with Gasteiger partial charge in [-0.05, 0) is 176 Å². The van der Waals surface area contributed by atoms with E-state index >= 15 is 0 Å². The molecule has 6 unspecified atom stereocenters. The molecule has 4 fully saturated rings. The van der Waals surface area contributed by atoms with E-state index < -0.39 is 86.5 Å². The lowest BCUT2D eigenvalue weighted by Gasteiger charge is -2.47. The number of pyridine rings is 3. The largest absolute Gasteiger partial charge is 0.494 e. The number of fused-ring (bicyclic) bond motifs is 3. The lowest BCUT2D eigenvalue weighted by atomic mass is 9.74. The van der Waals surface area contributed by atoms with Crippen LogP contribution < -0.4 is 5.46 Å². The van der Waals surface area contributed by atoms with Crippen molar-refractivity contribution in [2.45, 2.75) is 205 Å². The van der Waals surface area contributed by atoms with Crippen molar-refractivity contribution < 1.29 is 79.3 Å². The highest BCUT2D eigenvalue weighted by Crippen LogP contribution is 2.43. The highest BCUT2D eigenvalue weighted by atomic mass is 79.9. The zero-order valence-corrected chi connectivity index (χ0v) is 62.1. The first-order valence-corrected chi connectivity index (χ1v) is 36.3. The Kier molecular flexibility index (Phi) is 26.3. The Hall–Kier alpha value is -7.15. The number of aliphatic hydroxyl groups excluding tert-OH is 10. The molecule has 0 aliphatic carbocycles. The van der Waals surface area contributed by atoms with Gasteiger partial charge in [-0.1, -0.05) is 126 Å². The first-order chi connectivity index (χ1) is 49.6. The van der Waals surface area contributed by atoms with Crippen LogP contribution in [0.25, 0.3) is 39.5 Å². The highest BCUT2D eigenvalue weighted by Gasteiger charge is 2.53. The number of aromatic nitrogens is 6. The molecule has 4 aliphatic rings. The van der Waals surface area contributed by atoms with E-state index in [1.165, 1.54) is 16.7 Å². The van der Waals surface area contributed by atoms with Gasteiger partial charge in [0.2, 0.25) is 0 Å². The van der Waals surface area contributed by atoms with Crippen molar-refractivity contribution in [3.63, 3.8) is 0 Å². The van der Waals surface area contributed by atoms with Gasteiger partial charge in [-0.3, -0.25) is 0 Å². The zero-order chi connectivity index (χ0) is 74.6. The number of hydrogen-bond donors (Lipinski definition) is 10. The van der Waals surface area contributed by atoms with Crippen LogP contribution in [0, 0.1) is 32.6 Å². The van der Waals surface area contributed by atoms with Crippen LogP contribution in [0.5, 0.6) is 0 Å². The fourth-order valence-corrected chi connectivity index (χ4v) is 14.7. The average molecular weight is 1510 g/mol. The van der Waals surface area contributed by atoms with Gasteiger partial charge in [-0.25, -0.2) is 15.0 Å². The Morgan fingerprint density at radius 3 is 1.37 bits per heavy atom. The van der Waals surface area contributed by atoms with Crippen molar-refractivity contribution in [2.75, 3.05) is 13.2 Å². The molecule has 562 valence electrons. The molecule has 14 rings (SSSR count). The molecule has 10 N–H and O–H groups in total. The Balaban J connectivity index is 0.000000158. The van der Waals surface area contributed by atoms with Gasteiger partial charge in [0.15, 0.2) is 0 Å². The predicted molar refractivity (Wildman–Crippen MR) is 405 cm³/mol. The summed E-state index contributed by atoms with van der Waals surface area (Å²) >= 11 is 3.29. The second-order valence-electron chi connectivity index (χ2n) is 28.9. The Morgan fingerprint density at radius 2 is 0.943 bits per heavy atom. The summed E-state index contributed by atoms with van der Waals surface area (Å²) in [7, 11) is -0.351. The third-order valence-corrected chi connectivity index (χ3v) is 21.8. The minimum Gasteiger partial charge on any atom is -0.399 e. The summed E-state index contributed by atoms with van der Waals surface area (Å²) in [5.74, 6) is 1.05. The molecular weight excluding hydrogens is 1400 g/mol. The summed E-state index contributed by atoms with van der Waals surface area (Å²) in [5, 5.41) is 101. The third-order valence-electron chi connectivity index (χ3n) is 21.4. The molecule has 0 saturated carbocycles. The fourth-order valence-electron chi connectivity index (χ4n) is 14.3. The van der Waals surface area contributed by atoms with E-state index in [-0.39, 0.29) is 50.0 Å². The van der Waals surface area contributed by atoms with Crippen LogP contribution in [0.2, 0.25) is 0 Å². The fraction of sp³-hybridized carbons (Fsp3) is 0.444. The summed E-state index contributed by atoms with van der Waals surface area (Å²) in [4.78, 5) is 13.4. The SMILES string of the molecule is Brc1cn2ccccc2n1.C.CCC1O[C@H]([C@H](C)c2ccc(B3OC(C)(C)C(C)(C)O3)cc2C)C(OCc2ccccc2)[C@@H](C)[C@@H]1C.Cc1cc(-c2cn3ccccc3n2)ccc1[C@@H](O)[C@H]1OC(CO)[C@@H](O)[C@H](O)C1O.Cc1cc(-c2cn3ccccc3n2)ccc1[C@@H](O)[C@H]1OC(CO)[C@@H](O)[C@H](O)C1O. The lowest BCUT2D eigenvalue weighted by molar-refractivity contribution is -0.250. The first kappa shape index (κ1) is 80.4. The van der Waals surface area contributed by atoms with Gasteiger partial charge in [-0.2, -0.15) is 0 Å². The van der Waals surface area contributed by atoms with Gasteiger partial charge >= 0.3 is 7.12 Å². The van der Waals surface area contributed by atoms with Gasteiger partial charge in [0, 0.05) is 54.2 Å². The maximum absolute atomic E-state index is 10.8. The minimum absolute atomic E-state index is 0. The van der Waals surface area contributed by atoms with Gasteiger partial charge < -0.3 is 92.5 Å². The van der Waals surface area contributed by atoms with Gasteiger partial charge in [0.1, 0.15) is 94.8 Å². The summed E-state index contributed by atoms with van der Waals surface area (Å²) in [5.41, 5.74) is 12.6. The lowest BCUT2D eigenvalue weighted by Crippen LogP contribution is -2.59. The molecule has 10 heterocycles. The molecule has 4 saturated heterocycles. The molecule has 0 bridgehead atoms. The quantitative estimate of drug-likeness (QED) is 0.0427. The van der Waals surface area contributed by atoms with Crippen LogP contribution in [-0.2, 0) is 34.9 Å². The van der Waals surface area contributed by atoms with Crippen molar-refractivity contribution in [3.8, 4) is 22.5 Å². The van der Waals surface area contributed by atoms with Crippen LogP contribution in [0.4, 0.5) is 0 Å². The molecule has 6 aromatic heterocycles. The average Bonchev–Trinajstić information content (AvgIpc) is 1.40. The van der Waals surface area contributed by atoms with Crippen molar-refractivity contribution in [2.24, 2.45) is 11.8 Å². The normalized spacial score (nSPS) is 27.2. The summed E-state index contributed by atoms with van der Waals surface area (Å²) in [6, 6.07) is 45.3. The van der Waals surface area contributed by atoms with Crippen molar-refractivity contribution in [1.29, 1.82) is 0 Å². The molecule has 0 spiro atoms. The number of imidazole rings is 3. The molecule has 0 radical (unpaired) electrons. The zero-order valence-electron chi connectivity index (χ0n) is 60.5. The van der Waals surface area contributed by atoms with Crippen LogP contribution in [0.3, 0.4) is 0 Å². The number of aryl methyl sites for hydroxylation is 3. The predicted octanol–water partition coefficient (Wildman–Crippen LogP) is 9.54. The van der Waals surface area contributed by atoms with Crippen LogP contribution >= 0.6 is 15.9 Å². The van der Waals surface area contributed by atoms with Crippen molar-refractivity contribution in [1.82, 2.24) is 28.2 Å². The molecule has 24 heteroatoms. The van der Waals surface area contributed by atoms with E-state index in [4.69, 9.17) is 28.3 Å². The molecule has 4 aromatic carbocycles. The number of ether oxygens (including phenoxy) is 4. The molecule has 105 heavy (non-hydrogen) atoms. The topological polar surface area (TPSA) is 310 Å². The molecule has 4 aliphatic heterocycles. The number of nitrogens with zero attached hydrogens (tertiary/aromatic N) is 6. The first-order valence-electron chi connectivity index (χ1n) is 35.5. The molecule has 10 aromatic rings. The third kappa shape index (κ3) is 17.5. The van der Waals surface area contributed by atoms with Gasteiger partial charge in [0.05, 0.1) is 60.7 Å². The van der Waals surface area contributed by atoms with E-state index in [1.54, 1.807) is 12.1 Å². The minimum atomic E-state index is -1.53. The van der Waals surface area contributed by atoms with Gasteiger partial charge in [0.25, 0.3) is 0 Å². The molecule has 18 atom stereocenters. The Bertz CT molecular complexity index is 4200. The maximum Gasteiger partial charge on any atom is 0.494 e. The smallest absolute Gasteiger partial charge is 0.399 e. The number of aliphatic hydroxyl groups is 10. The monoisotopic (exact) mass is 1500 g/mol. The Labute approximate surface area is 622 Å². The number of hydrogen-bond acceptors (Lipinski definition) is 19. The summed E-state index contributed by atoms with van der Waals surface area (Å²) < 4.78 is 43.7. The summed E-state index contributed by atoms with van der Waals surface area (Å²) in [6.07, 6.45) is -3.17. The second-order valence-corrected chi connectivity index (χ2v) is 29.7. The Morgan fingerprint density at radius 1 is 0.514 bits per heavy atom. The van der Waals surface area contributed by atoms with Crippen molar-refractivity contribution in [3.05, 3.63) is 220 Å². The summed E-state index contributed by atoms with van der Waals surface area (Å²) in [6.45, 7) is 22.9. The molecular formula is C81H102BBrN6O16. The van der Waals surface area contributed by atoms with Crippen LogP contribution in [-0.4, -0.2) is 190 Å². The maximum atomic E-state index is 10.8. The number of rotatable bonds is 15. The second kappa shape index (κ2) is 34.4. The number of benzene rings is 4. The van der Waals surface area contributed by atoms with E-state index in [0.29, 0.717) is 29.6 Å². The van der Waals surface area contributed by atoms with E-state index in [9.17, 15) is 51.1 Å². The van der Waals surface area contributed by atoms with Crippen molar-refractivity contribution >= 4 is 45.5 Å². The number of halogens is 1. The highest BCUT2D eigenvalue weighted by molar-refractivity contribution is 9.10. The molecule has 0 amide bonds.